The minimum Gasteiger partial charge on any atom is -0.460 e. The molecule has 0 bridgehead atoms. The molecule has 1 aromatic rings. The quantitative estimate of drug-likeness (QED) is 0.0917. The molecule has 2 N–H and O–H groups in total. The molecule has 12 heteroatoms. The maximum absolute atomic E-state index is 11.8. The molecule has 0 unspecified atom stereocenters. The first kappa shape index (κ1) is 34.2. The van der Waals surface area contributed by atoms with Gasteiger partial charge in [-0.05, 0) is 24.3 Å². The predicted octanol–water partition coefficient (Wildman–Crippen LogP) is 1.20. The number of anilines is 1. The Morgan fingerprint density at radius 1 is 0.500 bits per heavy atom. The molecule has 0 atom stereocenters. The molecule has 0 amide bonds. The second kappa shape index (κ2) is 26.7. The molecule has 0 aromatic heterocycles. The van der Waals surface area contributed by atoms with Gasteiger partial charge in [0.1, 0.15) is 6.61 Å². The van der Waals surface area contributed by atoms with Crippen molar-refractivity contribution in [1.82, 2.24) is 0 Å². The third kappa shape index (κ3) is 22.1. The van der Waals surface area contributed by atoms with E-state index in [1.807, 2.05) is 0 Å². The molecule has 0 fully saturated rings. The Labute approximate surface area is 225 Å². The van der Waals surface area contributed by atoms with Crippen LogP contribution in [0.4, 0.5) is 5.69 Å². The second-order valence-corrected chi connectivity index (χ2v) is 7.65. The summed E-state index contributed by atoms with van der Waals surface area (Å²) in [6.45, 7) is 8.57. The van der Waals surface area contributed by atoms with Crippen LogP contribution in [0.5, 0.6) is 0 Å². The Morgan fingerprint density at radius 3 is 1.11 bits per heavy atom. The van der Waals surface area contributed by atoms with Crippen molar-refractivity contribution in [3.63, 3.8) is 0 Å². The van der Waals surface area contributed by atoms with Gasteiger partial charge in [0.25, 0.3) is 0 Å². The molecule has 0 aliphatic rings. The smallest absolute Gasteiger partial charge is 0.338 e. The lowest BCUT2D eigenvalue weighted by atomic mass is 10.2. The van der Waals surface area contributed by atoms with Crippen LogP contribution in [0, 0.1) is 0 Å². The SMILES string of the molecule is COCCOCCOCCOCCOCCOCCOCCOCCOCCOC(=O)c1ccc(N)cc1. The lowest BCUT2D eigenvalue weighted by molar-refractivity contribution is -0.0253. The first-order valence-corrected chi connectivity index (χ1v) is 12.9. The van der Waals surface area contributed by atoms with Crippen LogP contribution in [0.25, 0.3) is 0 Å². The maximum atomic E-state index is 11.8. The molecule has 0 heterocycles. The average Bonchev–Trinajstić information content (AvgIpc) is 2.93. The largest absolute Gasteiger partial charge is 0.460 e. The number of carbonyl (C=O) groups is 1. The Morgan fingerprint density at radius 2 is 0.789 bits per heavy atom. The van der Waals surface area contributed by atoms with Crippen LogP contribution >= 0.6 is 0 Å². The fourth-order valence-corrected chi connectivity index (χ4v) is 2.68. The number of hydrogen-bond donors (Lipinski definition) is 1. The molecule has 1 rings (SSSR count). The molecular weight excluding hydrogens is 502 g/mol. The van der Waals surface area contributed by atoms with Crippen molar-refractivity contribution in [2.24, 2.45) is 0 Å². The number of esters is 1. The maximum Gasteiger partial charge on any atom is 0.338 e. The van der Waals surface area contributed by atoms with Gasteiger partial charge in [-0.1, -0.05) is 0 Å². The molecule has 0 spiro atoms. The fourth-order valence-electron chi connectivity index (χ4n) is 2.68. The van der Waals surface area contributed by atoms with Gasteiger partial charge >= 0.3 is 5.97 Å². The third-order valence-electron chi connectivity index (χ3n) is 4.64. The van der Waals surface area contributed by atoms with Gasteiger partial charge in [0.2, 0.25) is 0 Å². The van der Waals surface area contributed by atoms with E-state index in [0.717, 1.165) is 0 Å². The Kier molecular flexibility index (Phi) is 24.0. The van der Waals surface area contributed by atoms with Gasteiger partial charge in [-0.3, -0.25) is 0 Å². The first-order valence-electron chi connectivity index (χ1n) is 12.9. The highest BCUT2D eigenvalue weighted by Gasteiger charge is 2.06. The van der Waals surface area contributed by atoms with Gasteiger partial charge in [-0.25, -0.2) is 4.79 Å². The van der Waals surface area contributed by atoms with Crippen molar-refractivity contribution in [2.45, 2.75) is 0 Å². The monoisotopic (exact) mass is 547 g/mol. The number of methoxy groups -OCH3 is 1. The normalized spacial score (nSPS) is 11.2. The van der Waals surface area contributed by atoms with E-state index >= 15 is 0 Å². The number of nitrogens with two attached hydrogens (primary N) is 1. The summed E-state index contributed by atoms with van der Waals surface area (Å²) in [7, 11) is 1.64. The summed E-state index contributed by atoms with van der Waals surface area (Å²) in [5, 5.41) is 0. The highest BCUT2D eigenvalue weighted by Crippen LogP contribution is 2.06. The summed E-state index contributed by atoms with van der Waals surface area (Å²) in [4.78, 5) is 11.8. The fraction of sp³-hybridized carbons (Fsp3) is 0.731. The summed E-state index contributed by atoms with van der Waals surface area (Å²) in [6.07, 6.45) is 0. The van der Waals surface area contributed by atoms with Gasteiger partial charge in [-0.15, -0.1) is 0 Å². The zero-order chi connectivity index (χ0) is 27.4. The van der Waals surface area contributed by atoms with Gasteiger partial charge in [0.15, 0.2) is 0 Å². The summed E-state index contributed by atoms with van der Waals surface area (Å²) in [5.74, 6) is -0.405. The molecular formula is C26H45NO11. The summed E-state index contributed by atoms with van der Waals surface area (Å²) in [5.41, 5.74) is 6.64. The van der Waals surface area contributed by atoms with Gasteiger partial charge in [-0.2, -0.15) is 0 Å². The van der Waals surface area contributed by atoms with Crippen molar-refractivity contribution < 1.29 is 52.2 Å². The highest BCUT2D eigenvalue weighted by atomic mass is 16.6. The van der Waals surface area contributed by atoms with Crippen molar-refractivity contribution in [3.8, 4) is 0 Å². The molecule has 0 aliphatic heterocycles. The van der Waals surface area contributed by atoms with E-state index in [4.69, 9.17) is 53.1 Å². The van der Waals surface area contributed by atoms with Crippen molar-refractivity contribution in [2.75, 3.05) is 132 Å². The number of rotatable bonds is 28. The van der Waals surface area contributed by atoms with Gasteiger partial charge in [0.05, 0.1) is 118 Å². The van der Waals surface area contributed by atoms with Gasteiger partial charge < -0.3 is 53.1 Å². The molecule has 0 radical (unpaired) electrons. The van der Waals surface area contributed by atoms with E-state index in [9.17, 15) is 4.79 Å². The average molecular weight is 548 g/mol. The van der Waals surface area contributed by atoms with Crippen molar-refractivity contribution >= 4 is 11.7 Å². The van der Waals surface area contributed by atoms with E-state index in [2.05, 4.69) is 0 Å². The highest BCUT2D eigenvalue weighted by molar-refractivity contribution is 5.89. The summed E-state index contributed by atoms with van der Waals surface area (Å²) < 4.78 is 53.2. The third-order valence-corrected chi connectivity index (χ3v) is 4.64. The van der Waals surface area contributed by atoms with Crippen LogP contribution in [0.2, 0.25) is 0 Å². The lowest BCUT2D eigenvalue weighted by Crippen LogP contribution is -2.15. The predicted molar refractivity (Wildman–Crippen MR) is 140 cm³/mol. The van der Waals surface area contributed by atoms with E-state index in [-0.39, 0.29) is 6.61 Å². The number of ether oxygens (including phenoxy) is 10. The zero-order valence-electron chi connectivity index (χ0n) is 22.6. The van der Waals surface area contributed by atoms with Crippen LogP contribution in [0.3, 0.4) is 0 Å². The Balaban J connectivity index is 1.68. The Bertz CT molecular complexity index is 649. The molecule has 1 aromatic carbocycles. The van der Waals surface area contributed by atoms with E-state index in [1.165, 1.54) is 0 Å². The minimum absolute atomic E-state index is 0.174. The number of benzene rings is 1. The molecule has 0 saturated carbocycles. The standard InChI is InChI=1S/C26H45NO11/c1-29-6-7-30-8-9-31-10-11-32-12-13-33-14-15-34-16-17-35-18-19-36-20-21-37-22-23-38-26(28)24-2-4-25(27)5-3-24/h2-5H,6-23,27H2,1H3. The second-order valence-electron chi connectivity index (χ2n) is 7.65. The molecule has 12 nitrogen and oxygen atoms in total. The van der Waals surface area contributed by atoms with E-state index in [0.29, 0.717) is 124 Å². The van der Waals surface area contributed by atoms with Crippen LogP contribution < -0.4 is 5.73 Å². The van der Waals surface area contributed by atoms with Gasteiger partial charge in [0, 0.05) is 12.8 Å². The van der Waals surface area contributed by atoms with Crippen LogP contribution in [-0.4, -0.2) is 132 Å². The minimum atomic E-state index is -0.405. The number of nitrogen functional groups attached to an aromatic ring is 1. The number of hydrogen-bond acceptors (Lipinski definition) is 12. The molecule has 0 aliphatic carbocycles. The number of carbonyl (C=O) groups excluding carboxylic acids is 1. The van der Waals surface area contributed by atoms with Crippen LogP contribution in [-0.2, 0) is 47.4 Å². The summed E-state index contributed by atoms with van der Waals surface area (Å²) in [6, 6.07) is 6.55. The summed E-state index contributed by atoms with van der Waals surface area (Å²) >= 11 is 0. The first-order chi connectivity index (χ1) is 18.7. The molecule has 220 valence electrons. The van der Waals surface area contributed by atoms with Crippen LogP contribution in [0.1, 0.15) is 10.4 Å². The van der Waals surface area contributed by atoms with Crippen LogP contribution in [0.15, 0.2) is 24.3 Å². The zero-order valence-corrected chi connectivity index (χ0v) is 22.6. The van der Waals surface area contributed by atoms with Crippen molar-refractivity contribution in [1.29, 1.82) is 0 Å². The van der Waals surface area contributed by atoms with Crippen molar-refractivity contribution in [3.05, 3.63) is 29.8 Å². The molecule has 0 saturated heterocycles. The van der Waals surface area contributed by atoms with E-state index < -0.39 is 5.97 Å². The topological polar surface area (TPSA) is 135 Å². The lowest BCUT2D eigenvalue weighted by Gasteiger charge is -2.09. The molecule has 38 heavy (non-hydrogen) atoms. The van der Waals surface area contributed by atoms with E-state index in [1.54, 1.807) is 31.4 Å². The Hall–Kier alpha value is -1.87.